The van der Waals surface area contributed by atoms with Crippen molar-refractivity contribution in [3.63, 3.8) is 0 Å². The molecule has 0 bridgehead atoms. The van der Waals surface area contributed by atoms with Crippen LogP contribution in [0.2, 0.25) is 0 Å². The lowest BCUT2D eigenvalue weighted by molar-refractivity contribution is 0.319. The smallest absolute Gasteiger partial charge is 0.132 e. The molecule has 0 aliphatic heterocycles. The minimum atomic E-state index is 0.414. The summed E-state index contributed by atoms with van der Waals surface area (Å²) in [6.07, 6.45) is 0. The summed E-state index contributed by atoms with van der Waals surface area (Å²) < 4.78 is 15.6. The zero-order chi connectivity index (χ0) is 15.2. The minimum Gasteiger partial charge on any atom is -0.497 e. The van der Waals surface area contributed by atoms with Gasteiger partial charge < -0.3 is 19.4 Å². The van der Waals surface area contributed by atoms with Crippen LogP contribution in [-0.4, -0.2) is 32.2 Å². The quantitative estimate of drug-likeness (QED) is 0.522. The molecule has 21 heavy (non-hydrogen) atoms. The Bertz CT molecular complexity index is 635. The summed E-state index contributed by atoms with van der Waals surface area (Å²) >= 11 is 0. The molecule has 0 atom stereocenters. The molecule has 0 unspecified atom stereocenters. The molecule has 5 nitrogen and oxygen atoms in total. The van der Waals surface area contributed by atoms with E-state index in [-0.39, 0.29) is 0 Å². The topological polar surface area (TPSA) is 60.3 Å². The van der Waals surface area contributed by atoms with Crippen LogP contribution in [0.25, 0.3) is 0 Å². The fourth-order valence-corrected chi connectivity index (χ4v) is 2.01. The van der Waals surface area contributed by atoms with Gasteiger partial charge in [0.25, 0.3) is 0 Å². The highest BCUT2D eigenvalue weighted by atomic mass is 16.5. The van der Waals surface area contributed by atoms with Gasteiger partial charge in [0.1, 0.15) is 23.0 Å². The van der Waals surface area contributed by atoms with Gasteiger partial charge in [0.2, 0.25) is 0 Å². The molecule has 0 saturated heterocycles. The molecule has 1 N–H and O–H groups in total. The lowest BCUT2D eigenvalue weighted by atomic mass is 10.0. The van der Waals surface area contributed by atoms with Gasteiger partial charge in [-0.1, -0.05) is 5.16 Å². The summed E-state index contributed by atoms with van der Waals surface area (Å²) in [5.74, 6) is 1.97. The van der Waals surface area contributed by atoms with Crippen LogP contribution in [0.3, 0.4) is 0 Å². The molecule has 0 fully saturated rings. The number of rotatable bonds is 5. The predicted molar refractivity (Wildman–Crippen MR) is 80.0 cm³/mol. The average Bonchev–Trinajstić information content (AvgIpc) is 2.56. The van der Waals surface area contributed by atoms with Gasteiger partial charge >= 0.3 is 0 Å². The fourth-order valence-electron chi connectivity index (χ4n) is 2.01. The van der Waals surface area contributed by atoms with Gasteiger partial charge in [-0.3, -0.25) is 0 Å². The predicted octanol–water partition coefficient (Wildman–Crippen LogP) is 2.94. The second kappa shape index (κ2) is 6.65. The van der Waals surface area contributed by atoms with Crippen LogP contribution >= 0.6 is 0 Å². The molecule has 5 heteroatoms. The van der Waals surface area contributed by atoms with Gasteiger partial charge in [0, 0.05) is 17.2 Å². The molecule has 0 amide bonds. The number of benzene rings is 2. The zero-order valence-corrected chi connectivity index (χ0v) is 12.2. The van der Waals surface area contributed by atoms with Crippen LogP contribution in [0.4, 0.5) is 0 Å². The first-order chi connectivity index (χ1) is 10.2. The van der Waals surface area contributed by atoms with Crippen molar-refractivity contribution in [3.05, 3.63) is 53.6 Å². The van der Waals surface area contributed by atoms with Gasteiger partial charge in [-0.25, -0.2) is 0 Å². The summed E-state index contributed by atoms with van der Waals surface area (Å²) in [5, 5.41) is 12.8. The van der Waals surface area contributed by atoms with Crippen LogP contribution in [0, 0.1) is 0 Å². The fraction of sp³-hybridized carbons (Fsp3) is 0.188. The Morgan fingerprint density at radius 1 is 0.857 bits per heavy atom. The molecule has 2 aromatic carbocycles. The van der Waals surface area contributed by atoms with Crippen molar-refractivity contribution in [3.8, 4) is 17.2 Å². The molecule has 0 spiro atoms. The summed E-state index contributed by atoms with van der Waals surface area (Å²) in [5.41, 5.74) is 1.84. The molecule has 0 aromatic heterocycles. The molecule has 0 aliphatic carbocycles. The Morgan fingerprint density at radius 2 is 1.48 bits per heavy atom. The number of oxime groups is 1. The van der Waals surface area contributed by atoms with E-state index in [9.17, 15) is 5.21 Å². The molecule has 2 aromatic rings. The summed E-state index contributed by atoms with van der Waals surface area (Å²) in [7, 11) is 4.74. The van der Waals surface area contributed by atoms with Gasteiger partial charge in [-0.15, -0.1) is 0 Å². The van der Waals surface area contributed by atoms with Crippen molar-refractivity contribution in [1.29, 1.82) is 0 Å². The highest BCUT2D eigenvalue weighted by Crippen LogP contribution is 2.27. The summed E-state index contributed by atoms with van der Waals surface area (Å²) in [6, 6.07) is 12.6. The third-order valence-corrected chi connectivity index (χ3v) is 3.13. The molecule has 0 saturated carbocycles. The molecule has 0 heterocycles. The van der Waals surface area contributed by atoms with E-state index in [4.69, 9.17) is 14.2 Å². The number of methoxy groups -OCH3 is 3. The van der Waals surface area contributed by atoms with E-state index in [1.54, 1.807) is 51.7 Å². The Balaban J connectivity index is 2.45. The van der Waals surface area contributed by atoms with Crippen molar-refractivity contribution in [2.45, 2.75) is 0 Å². The maximum atomic E-state index is 9.38. The molecule has 0 radical (unpaired) electrons. The van der Waals surface area contributed by atoms with Crippen molar-refractivity contribution < 1.29 is 19.4 Å². The lowest BCUT2D eigenvalue weighted by Gasteiger charge is -2.12. The van der Waals surface area contributed by atoms with Gasteiger partial charge in [0.05, 0.1) is 21.3 Å². The van der Waals surface area contributed by atoms with E-state index >= 15 is 0 Å². The Labute approximate surface area is 123 Å². The Morgan fingerprint density at radius 3 is 2.00 bits per heavy atom. The SMILES string of the molecule is COc1ccc(/C(=N\O)c2ccc(OC)cc2OC)cc1. The number of ether oxygens (including phenoxy) is 3. The highest BCUT2D eigenvalue weighted by Gasteiger charge is 2.14. The maximum Gasteiger partial charge on any atom is 0.132 e. The van der Waals surface area contributed by atoms with Gasteiger partial charge in [-0.2, -0.15) is 0 Å². The molecule has 2 rings (SSSR count). The standard InChI is InChI=1S/C16H17NO4/c1-19-12-6-4-11(5-7-12)16(17-18)14-9-8-13(20-2)10-15(14)21-3/h4-10,18H,1-3H3/b17-16+. The van der Waals surface area contributed by atoms with E-state index in [0.29, 0.717) is 22.8 Å². The van der Waals surface area contributed by atoms with E-state index in [0.717, 1.165) is 11.3 Å². The molecule has 0 aliphatic rings. The Kier molecular flexibility index (Phi) is 4.66. The summed E-state index contributed by atoms with van der Waals surface area (Å²) in [4.78, 5) is 0. The largest absolute Gasteiger partial charge is 0.497 e. The normalized spacial score (nSPS) is 11.1. The lowest BCUT2D eigenvalue weighted by Crippen LogP contribution is -2.06. The van der Waals surface area contributed by atoms with E-state index < -0.39 is 0 Å². The summed E-state index contributed by atoms with van der Waals surface area (Å²) in [6.45, 7) is 0. The van der Waals surface area contributed by atoms with Gasteiger partial charge in [-0.05, 0) is 36.4 Å². The van der Waals surface area contributed by atoms with Gasteiger partial charge in [0.15, 0.2) is 0 Å². The van der Waals surface area contributed by atoms with E-state index in [2.05, 4.69) is 5.16 Å². The molecule has 110 valence electrons. The average molecular weight is 287 g/mol. The monoisotopic (exact) mass is 287 g/mol. The van der Waals surface area contributed by atoms with Crippen LogP contribution in [0.5, 0.6) is 17.2 Å². The van der Waals surface area contributed by atoms with Crippen molar-refractivity contribution >= 4 is 5.71 Å². The number of hydrogen-bond donors (Lipinski definition) is 1. The second-order valence-electron chi connectivity index (χ2n) is 4.24. The van der Waals surface area contributed by atoms with Crippen LogP contribution in [-0.2, 0) is 0 Å². The van der Waals surface area contributed by atoms with Crippen molar-refractivity contribution in [2.24, 2.45) is 5.16 Å². The number of nitrogens with zero attached hydrogens (tertiary/aromatic N) is 1. The first-order valence-electron chi connectivity index (χ1n) is 6.32. The van der Waals surface area contributed by atoms with Crippen molar-refractivity contribution in [1.82, 2.24) is 0 Å². The molecular formula is C16H17NO4. The first-order valence-corrected chi connectivity index (χ1v) is 6.32. The Hall–Kier alpha value is -2.69. The third-order valence-electron chi connectivity index (χ3n) is 3.13. The molecular weight excluding hydrogens is 270 g/mol. The zero-order valence-electron chi connectivity index (χ0n) is 12.2. The van der Waals surface area contributed by atoms with Crippen LogP contribution < -0.4 is 14.2 Å². The minimum absolute atomic E-state index is 0.414. The highest BCUT2D eigenvalue weighted by molar-refractivity contribution is 6.14. The van der Waals surface area contributed by atoms with Crippen LogP contribution in [0.15, 0.2) is 47.6 Å². The third kappa shape index (κ3) is 3.08. The first kappa shape index (κ1) is 14.7. The number of hydrogen-bond acceptors (Lipinski definition) is 5. The van der Waals surface area contributed by atoms with E-state index in [1.807, 2.05) is 12.1 Å². The van der Waals surface area contributed by atoms with Crippen LogP contribution in [0.1, 0.15) is 11.1 Å². The second-order valence-corrected chi connectivity index (χ2v) is 4.24. The van der Waals surface area contributed by atoms with Crippen molar-refractivity contribution in [2.75, 3.05) is 21.3 Å². The maximum absolute atomic E-state index is 9.38. The van der Waals surface area contributed by atoms with E-state index in [1.165, 1.54) is 0 Å².